The molecular formula is C17H17NO4. The van der Waals surface area contributed by atoms with Crippen LogP contribution in [0.2, 0.25) is 0 Å². The van der Waals surface area contributed by atoms with Crippen molar-refractivity contribution in [1.82, 2.24) is 0 Å². The summed E-state index contributed by atoms with van der Waals surface area (Å²) in [6, 6.07) is 16.4. The van der Waals surface area contributed by atoms with Crippen molar-refractivity contribution in [2.45, 2.75) is 13.5 Å². The summed E-state index contributed by atoms with van der Waals surface area (Å²) < 4.78 is 5.68. The van der Waals surface area contributed by atoms with Crippen LogP contribution in [0.4, 0.5) is 0 Å². The molecule has 2 aromatic carbocycles. The minimum Gasteiger partial charge on any atom is -0.489 e. The molecule has 2 rings (SSSR count). The molecule has 0 unspecified atom stereocenters. The summed E-state index contributed by atoms with van der Waals surface area (Å²) >= 11 is 0. The Kier molecular flexibility index (Phi) is 5.54. The van der Waals surface area contributed by atoms with E-state index in [9.17, 15) is 9.90 Å². The molecule has 0 fully saturated rings. The van der Waals surface area contributed by atoms with E-state index >= 15 is 0 Å². The number of benzene rings is 2. The molecule has 1 N–H and O–H groups in total. The number of hydrogen-bond acceptors (Lipinski definition) is 4. The Balaban J connectivity index is 2.23. The maximum Gasteiger partial charge on any atom is 0.358 e. The van der Waals surface area contributed by atoms with Crippen molar-refractivity contribution in [3.63, 3.8) is 0 Å². The lowest BCUT2D eigenvalue weighted by molar-refractivity contribution is -0.129. The Morgan fingerprint density at radius 3 is 2.45 bits per heavy atom. The van der Waals surface area contributed by atoms with E-state index in [4.69, 9.17) is 9.57 Å². The summed E-state index contributed by atoms with van der Waals surface area (Å²) in [5.41, 5.74) is 1.08. The maximum atomic E-state index is 11.4. The van der Waals surface area contributed by atoms with E-state index < -0.39 is 5.97 Å². The second-order valence-corrected chi connectivity index (χ2v) is 4.42. The third kappa shape index (κ3) is 4.09. The molecule has 5 nitrogen and oxygen atoms in total. The van der Waals surface area contributed by atoms with E-state index in [1.54, 1.807) is 19.1 Å². The Bertz CT molecular complexity index is 653. The van der Waals surface area contributed by atoms with Crippen molar-refractivity contribution in [3.05, 3.63) is 65.7 Å². The lowest BCUT2D eigenvalue weighted by Gasteiger charge is -2.11. The van der Waals surface area contributed by atoms with Gasteiger partial charge in [-0.3, -0.25) is 0 Å². The van der Waals surface area contributed by atoms with Crippen molar-refractivity contribution in [1.29, 1.82) is 0 Å². The minimum atomic E-state index is -1.14. The Morgan fingerprint density at radius 2 is 1.77 bits per heavy atom. The van der Waals surface area contributed by atoms with E-state index in [0.717, 1.165) is 11.3 Å². The van der Waals surface area contributed by atoms with E-state index in [-0.39, 0.29) is 12.3 Å². The molecule has 0 aliphatic rings. The van der Waals surface area contributed by atoms with Crippen LogP contribution in [0.5, 0.6) is 5.75 Å². The van der Waals surface area contributed by atoms with Crippen LogP contribution >= 0.6 is 0 Å². The van der Waals surface area contributed by atoms with E-state index in [1.807, 2.05) is 42.5 Å². The molecule has 22 heavy (non-hydrogen) atoms. The number of hydrogen-bond donors (Lipinski definition) is 1. The van der Waals surface area contributed by atoms with Gasteiger partial charge in [-0.25, -0.2) is 4.79 Å². The predicted octanol–water partition coefficient (Wildman–Crippen LogP) is 3.09. The molecule has 0 aromatic heterocycles. The number of ether oxygens (including phenoxy) is 1. The van der Waals surface area contributed by atoms with Crippen LogP contribution in [0.15, 0.2) is 59.8 Å². The molecule has 0 aliphatic carbocycles. The van der Waals surface area contributed by atoms with E-state index in [1.165, 1.54) is 0 Å². The van der Waals surface area contributed by atoms with Gasteiger partial charge in [0.05, 0.1) is 0 Å². The van der Waals surface area contributed by atoms with Gasteiger partial charge in [0.15, 0.2) is 5.71 Å². The number of carboxylic acid groups (broad SMARTS) is 1. The highest BCUT2D eigenvalue weighted by molar-refractivity contribution is 6.42. The third-order valence-electron chi connectivity index (χ3n) is 2.90. The Morgan fingerprint density at radius 1 is 1.09 bits per heavy atom. The summed E-state index contributed by atoms with van der Waals surface area (Å²) in [4.78, 5) is 16.3. The largest absolute Gasteiger partial charge is 0.489 e. The number of carboxylic acids is 1. The molecule has 0 saturated carbocycles. The first-order valence-electron chi connectivity index (χ1n) is 6.91. The highest BCUT2D eigenvalue weighted by Gasteiger charge is 2.17. The average molecular weight is 299 g/mol. The topological polar surface area (TPSA) is 68.1 Å². The average Bonchev–Trinajstić information content (AvgIpc) is 2.55. The molecule has 114 valence electrons. The molecule has 0 radical (unpaired) electrons. The SMILES string of the molecule is CCON=C(C(=O)O)c1ccccc1COc1ccccc1. The number of oxime groups is 1. The molecule has 0 atom stereocenters. The van der Waals surface area contributed by atoms with Crippen LogP contribution in [0.3, 0.4) is 0 Å². The minimum absolute atomic E-state index is 0.130. The van der Waals surface area contributed by atoms with Crippen LogP contribution in [-0.2, 0) is 16.2 Å². The Hall–Kier alpha value is -2.82. The van der Waals surface area contributed by atoms with Gasteiger partial charge >= 0.3 is 5.97 Å². The highest BCUT2D eigenvalue weighted by atomic mass is 16.6. The van der Waals surface area contributed by atoms with Gasteiger partial charge in [0.2, 0.25) is 0 Å². The molecule has 0 saturated heterocycles. The van der Waals surface area contributed by atoms with Gasteiger partial charge in [0.25, 0.3) is 0 Å². The number of carbonyl (C=O) groups is 1. The normalized spacial score (nSPS) is 11.0. The Labute approximate surface area is 128 Å². The number of nitrogens with zero attached hydrogens (tertiary/aromatic N) is 1. The van der Waals surface area contributed by atoms with Crippen molar-refractivity contribution in [3.8, 4) is 5.75 Å². The highest BCUT2D eigenvalue weighted by Crippen LogP contribution is 2.16. The number of aliphatic carboxylic acids is 1. The van der Waals surface area contributed by atoms with Crippen LogP contribution < -0.4 is 4.74 Å². The molecule has 5 heteroatoms. The second kappa shape index (κ2) is 7.83. The standard InChI is InChI=1S/C17H17NO4/c1-2-22-18-16(17(19)20)15-11-7-6-8-13(15)12-21-14-9-4-3-5-10-14/h3-11H,2,12H2,1H3,(H,19,20). The molecule has 0 aliphatic heterocycles. The van der Waals surface area contributed by atoms with E-state index in [2.05, 4.69) is 5.16 Å². The zero-order chi connectivity index (χ0) is 15.8. The summed E-state index contributed by atoms with van der Waals surface area (Å²) in [5.74, 6) is -0.420. The van der Waals surface area contributed by atoms with Gasteiger partial charge in [-0.1, -0.05) is 47.6 Å². The maximum absolute atomic E-state index is 11.4. The first-order chi connectivity index (χ1) is 10.7. The van der Waals surface area contributed by atoms with Crippen LogP contribution in [-0.4, -0.2) is 23.4 Å². The quantitative estimate of drug-likeness (QED) is 0.630. The summed E-state index contributed by atoms with van der Waals surface area (Å²) in [6.07, 6.45) is 0. The fourth-order valence-corrected chi connectivity index (χ4v) is 1.89. The summed E-state index contributed by atoms with van der Waals surface area (Å²) in [5, 5.41) is 13.0. The first-order valence-corrected chi connectivity index (χ1v) is 6.91. The molecular weight excluding hydrogens is 282 g/mol. The first kappa shape index (κ1) is 15.6. The predicted molar refractivity (Wildman–Crippen MR) is 83.0 cm³/mol. The zero-order valence-electron chi connectivity index (χ0n) is 12.2. The monoisotopic (exact) mass is 299 g/mol. The third-order valence-corrected chi connectivity index (χ3v) is 2.90. The van der Waals surface area contributed by atoms with Crippen LogP contribution in [0, 0.1) is 0 Å². The molecule has 0 spiro atoms. The van der Waals surface area contributed by atoms with Gasteiger partial charge < -0.3 is 14.7 Å². The lowest BCUT2D eigenvalue weighted by atomic mass is 10.0. The number of para-hydroxylation sites is 1. The van der Waals surface area contributed by atoms with Crippen molar-refractivity contribution < 1.29 is 19.5 Å². The summed E-state index contributed by atoms with van der Waals surface area (Å²) in [6.45, 7) is 2.30. The van der Waals surface area contributed by atoms with Crippen molar-refractivity contribution >= 4 is 11.7 Å². The lowest BCUT2D eigenvalue weighted by Crippen LogP contribution is -2.18. The molecule has 0 amide bonds. The van der Waals surface area contributed by atoms with Gasteiger partial charge in [-0.05, 0) is 24.6 Å². The van der Waals surface area contributed by atoms with Crippen LogP contribution in [0.1, 0.15) is 18.1 Å². The van der Waals surface area contributed by atoms with Gasteiger partial charge in [-0.2, -0.15) is 0 Å². The second-order valence-electron chi connectivity index (χ2n) is 4.42. The molecule has 0 heterocycles. The van der Waals surface area contributed by atoms with Gasteiger partial charge in [0.1, 0.15) is 19.0 Å². The zero-order valence-corrected chi connectivity index (χ0v) is 12.2. The van der Waals surface area contributed by atoms with E-state index in [0.29, 0.717) is 12.2 Å². The number of rotatable bonds is 7. The van der Waals surface area contributed by atoms with Gasteiger partial charge in [0, 0.05) is 5.56 Å². The van der Waals surface area contributed by atoms with Crippen LogP contribution in [0.25, 0.3) is 0 Å². The smallest absolute Gasteiger partial charge is 0.358 e. The van der Waals surface area contributed by atoms with Gasteiger partial charge in [-0.15, -0.1) is 0 Å². The molecule has 0 bridgehead atoms. The molecule has 2 aromatic rings. The van der Waals surface area contributed by atoms with Crippen molar-refractivity contribution in [2.75, 3.05) is 6.61 Å². The van der Waals surface area contributed by atoms with Crippen molar-refractivity contribution in [2.24, 2.45) is 5.16 Å². The fraction of sp³-hybridized carbons (Fsp3) is 0.176. The summed E-state index contributed by atoms with van der Waals surface area (Å²) in [7, 11) is 0. The fourth-order valence-electron chi connectivity index (χ4n) is 1.89.